The van der Waals surface area contributed by atoms with Gasteiger partial charge in [-0.05, 0) is 36.0 Å². The number of carbonyl (C=O) groups is 2. The van der Waals surface area contributed by atoms with E-state index < -0.39 is 5.97 Å². The highest BCUT2D eigenvalue weighted by Gasteiger charge is 2.46. The molecule has 0 radical (unpaired) electrons. The summed E-state index contributed by atoms with van der Waals surface area (Å²) in [5.41, 5.74) is 1.05. The summed E-state index contributed by atoms with van der Waals surface area (Å²) in [7, 11) is 0. The molecule has 0 saturated heterocycles. The zero-order valence-electron chi connectivity index (χ0n) is 14.0. The van der Waals surface area contributed by atoms with E-state index in [0.29, 0.717) is 19.8 Å². The normalized spacial score (nSPS) is 21.5. The number of ether oxygens (including phenoxy) is 2. The molecule has 130 valence electrons. The Kier molecular flexibility index (Phi) is 4.64. The fourth-order valence-electron chi connectivity index (χ4n) is 3.20. The van der Waals surface area contributed by atoms with Crippen LogP contribution >= 0.6 is 0 Å². The standard InChI is InChI=1S/C18H23NO5/c1-11(2)9-19(10-17(20)21)18(22)14-8-13(14)12-3-4-15-16(7-12)24-6-5-23-15/h3-4,7,11,13-14H,5-6,8-10H2,1-2H3,(H,20,21). The van der Waals surface area contributed by atoms with Crippen LogP contribution in [0.2, 0.25) is 0 Å². The number of carbonyl (C=O) groups excluding carboxylic acids is 1. The van der Waals surface area contributed by atoms with Crippen molar-refractivity contribution in [3.8, 4) is 11.5 Å². The van der Waals surface area contributed by atoms with Crippen LogP contribution in [0.4, 0.5) is 0 Å². The smallest absolute Gasteiger partial charge is 0.323 e. The van der Waals surface area contributed by atoms with E-state index in [2.05, 4.69) is 0 Å². The van der Waals surface area contributed by atoms with Gasteiger partial charge in [-0.3, -0.25) is 9.59 Å². The Morgan fingerprint density at radius 3 is 2.62 bits per heavy atom. The van der Waals surface area contributed by atoms with Crippen molar-refractivity contribution in [3.63, 3.8) is 0 Å². The van der Waals surface area contributed by atoms with Gasteiger partial charge in [0, 0.05) is 12.5 Å². The van der Waals surface area contributed by atoms with E-state index in [0.717, 1.165) is 23.5 Å². The van der Waals surface area contributed by atoms with Crippen molar-refractivity contribution in [3.05, 3.63) is 23.8 Å². The van der Waals surface area contributed by atoms with Crippen molar-refractivity contribution in [1.29, 1.82) is 0 Å². The Balaban J connectivity index is 1.68. The Morgan fingerprint density at radius 1 is 1.25 bits per heavy atom. The van der Waals surface area contributed by atoms with Gasteiger partial charge in [0.15, 0.2) is 11.5 Å². The summed E-state index contributed by atoms with van der Waals surface area (Å²) >= 11 is 0. The highest BCUT2D eigenvalue weighted by molar-refractivity contribution is 5.86. The monoisotopic (exact) mass is 333 g/mol. The molecular weight excluding hydrogens is 310 g/mol. The van der Waals surface area contributed by atoms with Crippen LogP contribution in [-0.2, 0) is 9.59 Å². The Hall–Kier alpha value is -2.24. The zero-order valence-corrected chi connectivity index (χ0v) is 14.0. The highest BCUT2D eigenvalue weighted by Crippen LogP contribution is 2.50. The van der Waals surface area contributed by atoms with Crippen LogP contribution < -0.4 is 9.47 Å². The van der Waals surface area contributed by atoms with E-state index in [4.69, 9.17) is 14.6 Å². The summed E-state index contributed by atoms with van der Waals surface area (Å²) in [6.45, 7) is 5.28. The van der Waals surface area contributed by atoms with Gasteiger partial charge >= 0.3 is 5.97 Å². The third-order valence-electron chi connectivity index (χ3n) is 4.33. The van der Waals surface area contributed by atoms with Crippen LogP contribution in [0.5, 0.6) is 11.5 Å². The fourth-order valence-corrected chi connectivity index (χ4v) is 3.20. The Morgan fingerprint density at radius 2 is 1.96 bits per heavy atom. The number of carboxylic acids is 1. The minimum absolute atomic E-state index is 0.0639. The van der Waals surface area contributed by atoms with Gasteiger partial charge in [0.05, 0.1) is 0 Å². The molecule has 1 heterocycles. The van der Waals surface area contributed by atoms with Gasteiger partial charge in [0.2, 0.25) is 5.91 Å². The van der Waals surface area contributed by atoms with Crippen molar-refractivity contribution in [2.45, 2.75) is 26.2 Å². The molecule has 1 aromatic carbocycles. The lowest BCUT2D eigenvalue weighted by Gasteiger charge is -2.23. The molecule has 6 nitrogen and oxygen atoms in total. The first kappa shape index (κ1) is 16.6. The zero-order chi connectivity index (χ0) is 17.3. The van der Waals surface area contributed by atoms with E-state index in [1.807, 2.05) is 32.0 Å². The number of carboxylic acid groups (broad SMARTS) is 1. The number of aliphatic carboxylic acids is 1. The van der Waals surface area contributed by atoms with Crippen molar-refractivity contribution in [2.75, 3.05) is 26.3 Å². The summed E-state index contributed by atoms with van der Waals surface area (Å²) in [5.74, 6) is 0.663. The molecule has 1 amide bonds. The molecule has 2 atom stereocenters. The maximum absolute atomic E-state index is 12.7. The summed E-state index contributed by atoms with van der Waals surface area (Å²) in [6.07, 6.45) is 0.757. The third-order valence-corrected chi connectivity index (χ3v) is 4.33. The number of nitrogens with zero attached hydrogens (tertiary/aromatic N) is 1. The largest absolute Gasteiger partial charge is 0.486 e. The molecule has 6 heteroatoms. The van der Waals surface area contributed by atoms with Crippen LogP contribution in [-0.4, -0.2) is 48.2 Å². The first-order chi connectivity index (χ1) is 11.5. The van der Waals surface area contributed by atoms with E-state index in [1.54, 1.807) is 0 Å². The number of benzene rings is 1. The van der Waals surface area contributed by atoms with Crippen LogP contribution in [0.25, 0.3) is 0 Å². The van der Waals surface area contributed by atoms with E-state index in [1.165, 1.54) is 4.90 Å². The second kappa shape index (κ2) is 6.71. The first-order valence-electron chi connectivity index (χ1n) is 8.36. The lowest BCUT2D eigenvalue weighted by atomic mass is 10.1. The Bertz CT molecular complexity index is 642. The fraction of sp³-hybridized carbons (Fsp3) is 0.556. The topological polar surface area (TPSA) is 76.1 Å². The van der Waals surface area contributed by atoms with Gasteiger partial charge in [0.1, 0.15) is 19.8 Å². The molecule has 3 rings (SSSR count). The number of hydrogen-bond acceptors (Lipinski definition) is 4. The summed E-state index contributed by atoms with van der Waals surface area (Å²) in [4.78, 5) is 25.1. The van der Waals surface area contributed by atoms with E-state index in [9.17, 15) is 9.59 Å². The average Bonchev–Trinajstić information content (AvgIpc) is 3.33. The van der Waals surface area contributed by atoms with Gasteiger partial charge in [0.25, 0.3) is 0 Å². The number of rotatable bonds is 6. The lowest BCUT2D eigenvalue weighted by Crippen LogP contribution is -2.39. The van der Waals surface area contributed by atoms with Crippen molar-refractivity contribution in [1.82, 2.24) is 4.90 Å². The molecule has 2 unspecified atom stereocenters. The molecule has 1 saturated carbocycles. The maximum Gasteiger partial charge on any atom is 0.323 e. The molecule has 1 N–H and O–H groups in total. The summed E-state index contributed by atoms with van der Waals surface area (Å²) in [6, 6.07) is 5.79. The van der Waals surface area contributed by atoms with E-state index >= 15 is 0 Å². The molecule has 1 aromatic rings. The molecule has 0 bridgehead atoms. The summed E-state index contributed by atoms with van der Waals surface area (Å²) in [5, 5.41) is 9.04. The molecule has 24 heavy (non-hydrogen) atoms. The number of amides is 1. The molecule has 2 aliphatic rings. The second-order valence-electron chi connectivity index (χ2n) is 6.86. The minimum atomic E-state index is -0.972. The highest BCUT2D eigenvalue weighted by atomic mass is 16.6. The van der Waals surface area contributed by atoms with E-state index in [-0.39, 0.29) is 30.2 Å². The van der Waals surface area contributed by atoms with Crippen LogP contribution in [0, 0.1) is 11.8 Å². The quantitative estimate of drug-likeness (QED) is 0.863. The molecule has 0 spiro atoms. The molecule has 1 aliphatic heterocycles. The van der Waals surface area contributed by atoms with Crippen LogP contribution in [0.15, 0.2) is 18.2 Å². The number of hydrogen-bond donors (Lipinski definition) is 1. The Labute approximate surface area is 141 Å². The van der Waals surface area contributed by atoms with Gasteiger partial charge < -0.3 is 19.5 Å². The number of fused-ring (bicyclic) bond motifs is 1. The predicted molar refractivity (Wildman–Crippen MR) is 87.3 cm³/mol. The summed E-state index contributed by atoms with van der Waals surface area (Å²) < 4.78 is 11.1. The third kappa shape index (κ3) is 3.63. The molecule has 1 fully saturated rings. The van der Waals surface area contributed by atoms with Crippen LogP contribution in [0.1, 0.15) is 31.7 Å². The molecule has 1 aliphatic carbocycles. The van der Waals surface area contributed by atoms with Gasteiger partial charge in [-0.2, -0.15) is 0 Å². The second-order valence-corrected chi connectivity index (χ2v) is 6.86. The first-order valence-corrected chi connectivity index (χ1v) is 8.36. The average molecular weight is 333 g/mol. The van der Waals surface area contributed by atoms with Crippen molar-refractivity contribution >= 4 is 11.9 Å². The molecule has 0 aromatic heterocycles. The van der Waals surface area contributed by atoms with Gasteiger partial charge in [-0.25, -0.2) is 0 Å². The van der Waals surface area contributed by atoms with Crippen LogP contribution in [0.3, 0.4) is 0 Å². The van der Waals surface area contributed by atoms with Crippen molar-refractivity contribution in [2.24, 2.45) is 11.8 Å². The maximum atomic E-state index is 12.7. The van der Waals surface area contributed by atoms with Gasteiger partial charge in [-0.15, -0.1) is 0 Å². The minimum Gasteiger partial charge on any atom is -0.486 e. The van der Waals surface area contributed by atoms with Gasteiger partial charge in [-0.1, -0.05) is 19.9 Å². The lowest BCUT2D eigenvalue weighted by molar-refractivity contribution is -0.145. The SMILES string of the molecule is CC(C)CN(CC(=O)O)C(=O)C1CC1c1ccc2c(c1)OCCO2. The van der Waals surface area contributed by atoms with Crippen molar-refractivity contribution < 1.29 is 24.2 Å². The molecular formula is C18H23NO5. The predicted octanol–water partition coefficient (Wildman–Crippen LogP) is 2.13.